The molecule has 1 aliphatic carbocycles. The number of rotatable bonds is 2. The number of hydrogen-bond donors (Lipinski definition) is 3. The third kappa shape index (κ3) is 3.40. The first-order valence-electron chi connectivity index (χ1n) is 8.72. The zero-order chi connectivity index (χ0) is 20.3. The average molecular weight is 376 g/mol. The molecule has 0 amide bonds. The Labute approximate surface area is 162 Å². The molecule has 6 nitrogen and oxygen atoms in total. The lowest BCUT2D eigenvalue weighted by molar-refractivity contribution is 0.0977. The van der Waals surface area contributed by atoms with Crippen molar-refractivity contribution >= 4 is 22.9 Å². The second kappa shape index (κ2) is 7.84. The minimum atomic E-state index is -0.410. The smallest absolute Gasteiger partial charge is 0.198 e. The number of hydrogen-bond acceptors (Lipinski definition) is 6. The van der Waals surface area contributed by atoms with Gasteiger partial charge < -0.3 is 21.3 Å². The van der Waals surface area contributed by atoms with E-state index in [1.165, 1.54) is 6.07 Å². The summed E-state index contributed by atoms with van der Waals surface area (Å²) in [5, 5.41) is 10.1. The number of carbonyl (C=O) groups is 2. The Morgan fingerprint density at radius 3 is 1.89 bits per heavy atom. The maximum absolute atomic E-state index is 12.6. The molecule has 0 saturated heterocycles. The minimum Gasteiger partial charge on any atom is -0.507 e. The van der Waals surface area contributed by atoms with Gasteiger partial charge in [-0.2, -0.15) is 0 Å². The van der Waals surface area contributed by atoms with Crippen LogP contribution in [0.25, 0.3) is 0 Å². The number of nitrogens with two attached hydrogens (primary N) is 2. The van der Waals surface area contributed by atoms with Crippen molar-refractivity contribution in [1.82, 2.24) is 0 Å². The summed E-state index contributed by atoms with van der Waals surface area (Å²) in [4.78, 5) is 25.1. The lowest BCUT2D eigenvalue weighted by Crippen LogP contribution is -2.22. The van der Waals surface area contributed by atoms with Gasteiger partial charge in [0, 0.05) is 22.9 Å². The average Bonchev–Trinajstić information content (AvgIpc) is 2.70. The van der Waals surface area contributed by atoms with E-state index < -0.39 is 5.78 Å². The lowest BCUT2D eigenvalue weighted by atomic mass is 9.82. The fraction of sp³-hybridized carbons (Fsp3) is 0.0909. The summed E-state index contributed by atoms with van der Waals surface area (Å²) in [5.74, 6) is -0.883. The van der Waals surface area contributed by atoms with Crippen LogP contribution in [0.5, 0.6) is 11.5 Å². The monoisotopic (exact) mass is 376 g/mol. The molecule has 0 heterocycles. The topological polar surface area (TPSA) is 116 Å². The van der Waals surface area contributed by atoms with Crippen molar-refractivity contribution in [3.63, 3.8) is 0 Å². The predicted molar refractivity (Wildman–Crippen MR) is 108 cm³/mol. The Balaban J connectivity index is 0.000000271. The molecule has 142 valence electrons. The third-order valence-corrected chi connectivity index (χ3v) is 4.28. The molecule has 1 aliphatic rings. The third-order valence-electron chi connectivity index (χ3n) is 4.28. The summed E-state index contributed by atoms with van der Waals surface area (Å²) in [6, 6.07) is 17.2. The van der Waals surface area contributed by atoms with Crippen molar-refractivity contribution in [2.75, 3.05) is 18.1 Å². The lowest BCUT2D eigenvalue weighted by Gasteiger charge is -2.21. The summed E-state index contributed by atoms with van der Waals surface area (Å²) in [6.45, 7) is 2.10. The standard InChI is InChI=1S/C16H13NO4.C6H7N/c1-2-21-11-7-10(18)12-13(14(11)17)16(20)9-6-4-3-5-8(9)15(12)19;7-6-4-2-1-3-5-6/h3-7,18H,2,17H2,1H3;1-5H,7H2. The van der Waals surface area contributed by atoms with Gasteiger partial charge in [-0.25, -0.2) is 0 Å². The number of aromatic hydroxyl groups is 1. The van der Waals surface area contributed by atoms with E-state index in [2.05, 4.69) is 0 Å². The van der Waals surface area contributed by atoms with Crippen molar-refractivity contribution < 1.29 is 19.4 Å². The molecule has 0 saturated carbocycles. The summed E-state index contributed by atoms with van der Waals surface area (Å²) in [7, 11) is 0. The maximum Gasteiger partial charge on any atom is 0.198 e. The molecule has 3 aromatic carbocycles. The molecule has 0 unspecified atom stereocenters. The number of anilines is 2. The Kier molecular flexibility index (Phi) is 5.31. The van der Waals surface area contributed by atoms with Gasteiger partial charge in [0.1, 0.15) is 11.5 Å². The first kappa shape index (κ1) is 19.0. The first-order valence-corrected chi connectivity index (χ1v) is 8.72. The van der Waals surface area contributed by atoms with E-state index in [4.69, 9.17) is 16.2 Å². The van der Waals surface area contributed by atoms with Gasteiger partial charge in [0.15, 0.2) is 11.6 Å². The zero-order valence-corrected chi connectivity index (χ0v) is 15.3. The molecule has 5 N–H and O–H groups in total. The van der Waals surface area contributed by atoms with Gasteiger partial charge in [-0.15, -0.1) is 0 Å². The van der Waals surface area contributed by atoms with E-state index in [9.17, 15) is 14.7 Å². The Hall–Kier alpha value is -3.80. The van der Waals surface area contributed by atoms with Crippen LogP contribution in [0.15, 0.2) is 60.7 Å². The second-order valence-electron chi connectivity index (χ2n) is 6.11. The van der Waals surface area contributed by atoms with Gasteiger partial charge in [0.2, 0.25) is 0 Å². The molecule has 6 heteroatoms. The van der Waals surface area contributed by atoms with Gasteiger partial charge in [-0.05, 0) is 19.1 Å². The molecular weight excluding hydrogens is 356 g/mol. The van der Waals surface area contributed by atoms with Crippen molar-refractivity contribution in [3.05, 3.63) is 82.9 Å². The van der Waals surface area contributed by atoms with E-state index in [-0.39, 0.29) is 45.2 Å². The van der Waals surface area contributed by atoms with Gasteiger partial charge in [-0.1, -0.05) is 42.5 Å². The van der Waals surface area contributed by atoms with Gasteiger partial charge in [0.05, 0.1) is 23.4 Å². The number of phenols is 1. The van der Waals surface area contributed by atoms with Gasteiger partial charge in [0.25, 0.3) is 0 Å². The van der Waals surface area contributed by atoms with Gasteiger partial charge in [-0.3, -0.25) is 9.59 Å². The molecule has 0 atom stereocenters. The predicted octanol–water partition coefficient (Wildman–Crippen LogP) is 3.42. The van der Waals surface area contributed by atoms with Crippen LogP contribution in [0.2, 0.25) is 0 Å². The van der Waals surface area contributed by atoms with Crippen LogP contribution < -0.4 is 16.2 Å². The molecule has 3 aromatic rings. The van der Waals surface area contributed by atoms with Crippen LogP contribution in [0.4, 0.5) is 11.4 Å². The Morgan fingerprint density at radius 2 is 1.39 bits per heavy atom. The number of benzene rings is 3. The van der Waals surface area contributed by atoms with E-state index >= 15 is 0 Å². The highest BCUT2D eigenvalue weighted by molar-refractivity contribution is 6.31. The Bertz CT molecular complexity index is 1050. The van der Waals surface area contributed by atoms with Crippen molar-refractivity contribution in [3.8, 4) is 11.5 Å². The van der Waals surface area contributed by atoms with E-state index in [1.807, 2.05) is 30.3 Å². The SMILES string of the molecule is CCOc1cc(O)c2c(c1N)C(=O)c1ccccc1C2=O.Nc1ccccc1. The summed E-state index contributed by atoms with van der Waals surface area (Å²) in [6.07, 6.45) is 0. The number of nitrogen functional groups attached to an aromatic ring is 2. The molecular formula is C22H20N2O4. The number of para-hydroxylation sites is 1. The van der Waals surface area contributed by atoms with Crippen LogP contribution in [0, 0.1) is 0 Å². The van der Waals surface area contributed by atoms with Crippen LogP contribution in [0.1, 0.15) is 38.8 Å². The molecule has 4 rings (SSSR count). The van der Waals surface area contributed by atoms with Crippen LogP contribution in [-0.4, -0.2) is 23.3 Å². The number of fused-ring (bicyclic) bond motifs is 2. The number of phenolic OH excluding ortho intramolecular Hbond substituents is 1. The summed E-state index contributed by atoms with van der Waals surface area (Å²) in [5.41, 5.74) is 12.7. The maximum atomic E-state index is 12.6. The highest BCUT2D eigenvalue weighted by atomic mass is 16.5. The largest absolute Gasteiger partial charge is 0.507 e. The summed E-state index contributed by atoms with van der Waals surface area (Å²) >= 11 is 0. The van der Waals surface area contributed by atoms with Crippen molar-refractivity contribution in [2.45, 2.75) is 6.92 Å². The summed E-state index contributed by atoms with van der Waals surface area (Å²) < 4.78 is 5.31. The molecule has 0 radical (unpaired) electrons. The van der Waals surface area contributed by atoms with Crippen LogP contribution in [-0.2, 0) is 0 Å². The molecule has 0 fully saturated rings. The molecule has 0 aliphatic heterocycles. The molecule has 0 bridgehead atoms. The fourth-order valence-corrected chi connectivity index (χ4v) is 3.00. The zero-order valence-electron chi connectivity index (χ0n) is 15.3. The normalized spacial score (nSPS) is 11.8. The number of carbonyl (C=O) groups excluding carboxylic acids is 2. The minimum absolute atomic E-state index is 0.0159. The quantitative estimate of drug-likeness (QED) is 0.365. The highest BCUT2D eigenvalue weighted by Gasteiger charge is 2.34. The second-order valence-corrected chi connectivity index (χ2v) is 6.11. The van der Waals surface area contributed by atoms with E-state index in [0.717, 1.165) is 5.69 Å². The van der Waals surface area contributed by atoms with Crippen molar-refractivity contribution in [1.29, 1.82) is 0 Å². The molecule has 28 heavy (non-hydrogen) atoms. The Morgan fingerprint density at radius 1 is 0.857 bits per heavy atom. The van der Waals surface area contributed by atoms with E-state index in [0.29, 0.717) is 6.61 Å². The molecule has 0 spiro atoms. The fourth-order valence-electron chi connectivity index (χ4n) is 3.00. The van der Waals surface area contributed by atoms with Crippen LogP contribution in [0.3, 0.4) is 0 Å². The first-order chi connectivity index (χ1) is 13.5. The highest BCUT2D eigenvalue weighted by Crippen LogP contribution is 2.41. The van der Waals surface area contributed by atoms with E-state index in [1.54, 1.807) is 31.2 Å². The number of ether oxygens (including phenoxy) is 1. The number of ketones is 2. The molecule has 0 aromatic heterocycles. The van der Waals surface area contributed by atoms with Gasteiger partial charge >= 0.3 is 0 Å². The van der Waals surface area contributed by atoms with Crippen LogP contribution >= 0.6 is 0 Å². The van der Waals surface area contributed by atoms with Crippen molar-refractivity contribution in [2.24, 2.45) is 0 Å².